The van der Waals surface area contributed by atoms with E-state index >= 15 is 0 Å². The van der Waals surface area contributed by atoms with Crippen LogP contribution >= 0.6 is 11.8 Å². The summed E-state index contributed by atoms with van der Waals surface area (Å²) < 4.78 is 43.8. The number of alkyl halides is 3. The first-order valence-corrected chi connectivity index (χ1v) is 8.49. The topological polar surface area (TPSA) is 46.5 Å². The van der Waals surface area contributed by atoms with E-state index in [0.29, 0.717) is 11.5 Å². The van der Waals surface area contributed by atoms with Crippen molar-refractivity contribution in [3.8, 4) is 17.6 Å². The smallest absolute Gasteiger partial charge is 0.417 e. The lowest BCUT2D eigenvalue weighted by molar-refractivity contribution is -0.139. The van der Waals surface area contributed by atoms with E-state index < -0.39 is 24.3 Å². The summed E-state index contributed by atoms with van der Waals surface area (Å²) in [7, 11) is 0. The molecule has 0 fully saturated rings. The van der Waals surface area contributed by atoms with Gasteiger partial charge in [-0.3, -0.25) is 0 Å². The third-order valence-corrected chi connectivity index (χ3v) is 4.14. The first-order chi connectivity index (χ1) is 12.3. The Kier molecular flexibility index (Phi) is 6.58. The van der Waals surface area contributed by atoms with Crippen LogP contribution in [0.2, 0.25) is 0 Å². The number of aryl methyl sites for hydroxylation is 1. The standard InChI is InChI=1S/C19H15F3O3S/c1-13-11-15(8-9-17(13)25-12-18(23)24)26-10-4-6-14-5-2-3-7-16(14)19(20,21)22/h2-3,5,7-9,11H,10,12H2,1H3,(H,23,24). The van der Waals surface area contributed by atoms with Gasteiger partial charge in [-0.2, -0.15) is 13.2 Å². The molecule has 0 unspecified atom stereocenters. The Morgan fingerprint density at radius 2 is 1.96 bits per heavy atom. The zero-order valence-electron chi connectivity index (χ0n) is 13.8. The van der Waals surface area contributed by atoms with Crippen LogP contribution in [0.4, 0.5) is 13.2 Å². The van der Waals surface area contributed by atoms with Gasteiger partial charge in [0.2, 0.25) is 0 Å². The van der Waals surface area contributed by atoms with E-state index in [1.807, 2.05) is 6.07 Å². The van der Waals surface area contributed by atoms with Gasteiger partial charge in [0.25, 0.3) is 0 Å². The number of aliphatic carboxylic acids is 1. The maximum atomic E-state index is 12.9. The Hall–Kier alpha value is -2.59. The van der Waals surface area contributed by atoms with Gasteiger partial charge < -0.3 is 9.84 Å². The number of carboxylic acids is 1. The van der Waals surface area contributed by atoms with E-state index in [0.717, 1.165) is 16.5 Å². The van der Waals surface area contributed by atoms with Crippen LogP contribution in [0.3, 0.4) is 0 Å². The summed E-state index contributed by atoms with van der Waals surface area (Å²) >= 11 is 1.37. The maximum absolute atomic E-state index is 12.9. The average molecular weight is 380 g/mol. The third-order valence-electron chi connectivity index (χ3n) is 3.26. The van der Waals surface area contributed by atoms with Gasteiger partial charge in [0.15, 0.2) is 6.61 Å². The fourth-order valence-corrected chi connectivity index (χ4v) is 2.84. The zero-order chi connectivity index (χ0) is 19.2. The monoisotopic (exact) mass is 380 g/mol. The van der Waals surface area contributed by atoms with E-state index in [1.165, 1.54) is 30.0 Å². The quantitative estimate of drug-likeness (QED) is 0.607. The number of hydrogen-bond acceptors (Lipinski definition) is 3. The van der Waals surface area contributed by atoms with Crippen LogP contribution in [-0.2, 0) is 11.0 Å². The molecule has 0 heterocycles. The number of rotatable bonds is 5. The molecule has 0 aromatic heterocycles. The molecule has 0 saturated heterocycles. The Bertz CT molecular complexity index is 851. The molecule has 26 heavy (non-hydrogen) atoms. The van der Waals surface area contributed by atoms with Crippen LogP contribution in [0.5, 0.6) is 5.75 Å². The summed E-state index contributed by atoms with van der Waals surface area (Å²) in [6, 6.07) is 10.4. The minimum atomic E-state index is -4.43. The molecular weight excluding hydrogens is 365 g/mol. The normalized spacial score (nSPS) is 10.8. The second-order valence-electron chi connectivity index (χ2n) is 5.24. The van der Waals surface area contributed by atoms with Crippen molar-refractivity contribution in [1.29, 1.82) is 0 Å². The number of hydrogen-bond donors (Lipinski definition) is 1. The van der Waals surface area contributed by atoms with Gasteiger partial charge in [-0.05, 0) is 42.8 Å². The highest BCUT2D eigenvalue weighted by Gasteiger charge is 2.32. The molecule has 0 atom stereocenters. The molecule has 7 heteroatoms. The van der Waals surface area contributed by atoms with Crippen LogP contribution in [0.25, 0.3) is 0 Å². The lowest BCUT2D eigenvalue weighted by atomic mass is 10.1. The number of carbonyl (C=O) groups is 1. The molecule has 0 aliphatic carbocycles. The highest BCUT2D eigenvalue weighted by molar-refractivity contribution is 7.99. The van der Waals surface area contributed by atoms with Crippen LogP contribution in [0.1, 0.15) is 16.7 Å². The largest absolute Gasteiger partial charge is 0.482 e. The van der Waals surface area contributed by atoms with Crippen LogP contribution in [-0.4, -0.2) is 23.4 Å². The second kappa shape index (κ2) is 8.68. The van der Waals surface area contributed by atoms with Crippen molar-refractivity contribution in [2.45, 2.75) is 18.0 Å². The number of ether oxygens (including phenoxy) is 1. The van der Waals surface area contributed by atoms with Crippen molar-refractivity contribution < 1.29 is 27.8 Å². The van der Waals surface area contributed by atoms with Crippen LogP contribution < -0.4 is 4.74 Å². The lowest BCUT2D eigenvalue weighted by Gasteiger charge is -2.08. The molecule has 0 aliphatic rings. The number of carboxylic acid groups (broad SMARTS) is 1. The molecular formula is C19H15F3O3S. The highest BCUT2D eigenvalue weighted by Crippen LogP contribution is 2.31. The van der Waals surface area contributed by atoms with Gasteiger partial charge in [0, 0.05) is 10.5 Å². The summed E-state index contributed by atoms with van der Waals surface area (Å²) in [5.74, 6) is 5.05. The van der Waals surface area contributed by atoms with Gasteiger partial charge in [0.05, 0.1) is 11.3 Å². The number of thioether (sulfide) groups is 1. The summed E-state index contributed by atoms with van der Waals surface area (Å²) in [6.07, 6.45) is -4.43. The summed E-state index contributed by atoms with van der Waals surface area (Å²) in [6.45, 7) is 1.36. The second-order valence-corrected chi connectivity index (χ2v) is 6.29. The summed E-state index contributed by atoms with van der Waals surface area (Å²) in [5.41, 5.74) is -0.0194. The minimum Gasteiger partial charge on any atom is -0.482 e. The van der Waals surface area contributed by atoms with Crippen molar-refractivity contribution in [3.05, 3.63) is 59.2 Å². The summed E-state index contributed by atoms with van der Waals surface area (Å²) in [5, 5.41) is 8.61. The number of benzene rings is 2. The first kappa shape index (κ1) is 19.7. The van der Waals surface area contributed by atoms with Crippen molar-refractivity contribution in [2.24, 2.45) is 0 Å². The maximum Gasteiger partial charge on any atom is 0.417 e. The Balaban J connectivity index is 2.00. The van der Waals surface area contributed by atoms with Gasteiger partial charge in [-0.25, -0.2) is 4.79 Å². The molecule has 0 saturated carbocycles. The molecule has 0 radical (unpaired) electrons. The van der Waals surface area contributed by atoms with Gasteiger partial charge in [-0.1, -0.05) is 24.0 Å². The van der Waals surface area contributed by atoms with Crippen molar-refractivity contribution in [1.82, 2.24) is 0 Å². The fourth-order valence-electron chi connectivity index (χ4n) is 2.10. The number of halogens is 3. The van der Waals surface area contributed by atoms with E-state index in [-0.39, 0.29) is 5.56 Å². The van der Waals surface area contributed by atoms with Crippen LogP contribution in [0, 0.1) is 18.8 Å². The van der Waals surface area contributed by atoms with Crippen molar-refractivity contribution in [2.75, 3.05) is 12.4 Å². The highest BCUT2D eigenvalue weighted by atomic mass is 32.2. The molecule has 2 rings (SSSR count). The Morgan fingerprint density at radius 1 is 1.23 bits per heavy atom. The molecule has 0 aliphatic heterocycles. The van der Waals surface area contributed by atoms with Crippen LogP contribution in [0.15, 0.2) is 47.4 Å². The molecule has 1 N–H and O–H groups in total. The molecule has 136 valence electrons. The van der Waals surface area contributed by atoms with Gasteiger partial charge in [-0.15, -0.1) is 11.8 Å². The van der Waals surface area contributed by atoms with E-state index in [1.54, 1.807) is 19.1 Å². The summed E-state index contributed by atoms with van der Waals surface area (Å²) in [4.78, 5) is 11.4. The average Bonchev–Trinajstić information content (AvgIpc) is 2.57. The zero-order valence-corrected chi connectivity index (χ0v) is 14.6. The predicted octanol–water partition coefficient (Wildman–Crippen LogP) is 4.62. The van der Waals surface area contributed by atoms with E-state index in [9.17, 15) is 18.0 Å². The first-order valence-electron chi connectivity index (χ1n) is 7.50. The minimum absolute atomic E-state index is 0.0470. The van der Waals surface area contributed by atoms with Crippen molar-refractivity contribution >= 4 is 17.7 Å². The van der Waals surface area contributed by atoms with Crippen molar-refractivity contribution in [3.63, 3.8) is 0 Å². The molecule has 0 amide bonds. The third kappa shape index (κ3) is 5.74. The van der Waals surface area contributed by atoms with Gasteiger partial charge >= 0.3 is 12.1 Å². The Labute approximate surface area is 153 Å². The molecule has 2 aromatic rings. The van der Waals surface area contributed by atoms with E-state index in [2.05, 4.69) is 11.8 Å². The molecule has 0 spiro atoms. The molecule has 0 bridgehead atoms. The molecule has 2 aromatic carbocycles. The Morgan fingerprint density at radius 3 is 2.62 bits per heavy atom. The molecule has 3 nitrogen and oxygen atoms in total. The van der Waals surface area contributed by atoms with Gasteiger partial charge in [0.1, 0.15) is 5.75 Å². The predicted molar refractivity (Wildman–Crippen MR) is 93.4 cm³/mol. The SMILES string of the molecule is Cc1cc(SCC#Cc2ccccc2C(F)(F)F)ccc1OCC(=O)O. The van der Waals surface area contributed by atoms with E-state index in [4.69, 9.17) is 9.84 Å². The lowest BCUT2D eigenvalue weighted by Crippen LogP contribution is -2.09. The fraction of sp³-hybridized carbons (Fsp3) is 0.211.